The van der Waals surface area contributed by atoms with Gasteiger partial charge in [-0.25, -0.2) is 10.1 Å². The van der Waals surface area contributed by atoms with Crippen LogP contribution in [-0.4, -0.2) is 19.6 Å². The van der Waals surface area contributed by atoms with Gasteiger partial charge in [-0.15, -0.1) is 0 Å². The van der Waals surface area contributed by atoms with Gasteiger partial charge in [0.15, 0.2) is 11.2 Å². The average Bonchev–Trinajstić information content (AvgIpc) is 2.30. The summed E-state index contributed by atoms with van der Waals surface area (Å²) < 4.78 is 0.498. The van der Waals surface area contributed by atoms with Crippen LogP contribution >= 0.6 is 0 Å². The van der Waals surface area contributed by atoms with Crippen LogP contribution in [0.3, 0.4) is 0 Å². The molecule has 8 nitrogen and oxygen atoms in total. The normalized spacial score (nSPS) is 9.75. The molecule has 0 saturated carbocycles. The van der Waals surface area contributed by atoms with Gasteiger partial charge in [0.25, 0.3) is 5.82 Å². The van der Waals surface area contributed by atoms with Crippen LogP contribution in [0.5, 0.6) is 0 Å². The second-order valence-corrected chi connectivity index (χ2v) is 1.99. The molecule has 0 N–H and O–H groups in total. The summed E-state index contributed by atoms with van der Waals surface area (Å²) in [5, 5.41) is 19.5. The topological polar surface area (TPSA) is 104 Å². The van der Waals surface area contributed by atoms with Crippen molar-refractivity contribution in [2.75, 3.05) is 0 Å². The van der Waals surface area contributed by atoms with Crippen LogP contribution < -0.4 is 0 Å². The SMILES string of the molecule is Cc1nc([N+](=O)[O-])cn1[N+](=O)[O-]. The van der Waals surface area contributed by atoms with E-state index < -0.39 is 15.8 Å². The molecule has 0 bridgehead atoms. The number of rotatable bonds is 2. The third kappa shape index (κ3) is 1.21. The second-order valence-electron chi connectivity index (χ2n) is 1.99. The van der Waals surface area contributed by atoms with Crippen LogP contribution in [0, 0.1) is 27.2 Å². The van der Waals surface area contributed by atoms with Gasteiger partial charge >= 0.3 is 5.82 Å². The Balaban J connectivity index is 3.17. The molecule has 0 aliphatic carbocycles. The fraction of sp³-hybridized carbons (Fsp3) is 0.250. The number of hydrogen-bond donors (Lipinski definition) is 0. The maximum absolute atomic E-state index is 10.2. The first-order valence-electron chi connectivity index (χ1n) is 2.87. The van der Waals surface area contributed by atoms with Gasteiger partial charge in [-0.3, -0.25) is 0 Å². The summed E-state index contributed by atoms with van der Waals surface area (Å²) in [6.45, 7) is 1.32. The van der Waals surface area contributed by atoms with E-state index in [-0.39, 0.29) is 5.82 Å². The van der Waals surface area contributed by atoms with Gasteiger partial charge in [-0.1, -0.05) is 0 Å². The van der Waals surface area contributed by atoms with Crippen LogP contribution in [0.15, 0.2) is 6.20 Å². The molecule has 0 radical (unpaired) electrons. The van der Waals surface area contributed by atoms with Gasteiger partial charge in [-0.2, -0.15) is 0 Å². The summed E-state index contributed by atoms with van der Waals surface area (Å²) in [4.78, 5) is 22.8. The molecule has 0 fully saturated rings. The first-order chi connectivity index (χ1) is 5.52. The Morgan fingerprint density at radius 2 is 2.08 bits per heavy atom. The van der Waals surface area contributed by atoms with Gasteiger partial charge in [0.05, 0.1) is 0 Å². The Morgan fingerprint density at radius 3 is 2.33 bits per heavy atom. The molecule has 8 heteroatoms. The maximum atomic E-state index is 10.2. The van der Waals surface area contributed by atoms with E-state index in [1.165, 1.54) is 6.92 Å². The molecule has 1 aromatic rings. The van der Waals surface area contributed by atoms with Gasteiger partial charge in [0, 0.05) is 6.92 Å². The van der Waals surface area contributed by atoms with E-state index in [1.807, 2.05) is 0 Å². The third-order valence-corrected chi connectivity index (χ3v) is 1.21. The van der Waals surface area contributed by atoms with E-state index in [1.54, 1.807) is 0 Å². The molecule has 0 spiro atoms. The summed E-state index contributed by atoms with van der Waals surface area (Å²) in [6, 6.07) is 0. The smallest absolute Gasteiger partial charge is 0.358 e. The van der Waals surface area contributed by atoms with Crippen LogP contribution in [0.2, 0.25) is 0 Å². The first-order valence-corrected chi connectivity index (χ1v) is 2.87. The molecule has 64 valence electrons. The van der Waals surface area contributed by atoms with E-state index in [9.17, 15) is 20.2 Å². The summed E-state index contributed by atoms with van der Waals surface area (Å²) in [5.41, 5.74) is 0. The quantitative estimate of drug-likeness (QED) is 0.466. The van der Waals surface area contributed by atoms with Crippen molar-refractivity contribution in [3.8, 4) is 0 Å². The highest BCUT2D eigenvalue weighted by molar-refractivity contribution is 5.15. The van der Waals surface area contributed by atoms with Crippen LogP contribution in [0.4, 0.5) is 5.82 Å². The van der Waals surface area contributed by atoms with E-state index in [0.717, 1.165) is 6.20 Å². The van der Waals surface area contributed by atoms with Crippen molar-refractivity contribution >= 4 is 5.82 Å². The lowest BCUT2D eigenvalue weighted by molar-refractivity contribution is -0.544. The van der Waals surface area contributed by atoms with Crippen molar-refractivity contribution in [2.45, 2.75) is 6.92 Å². The molecule has 0 aliphatic rings. The first kappa shape index (κ1) is 8.11. The molecule has 0 saturated heterocycles. The van der Waals surface area contributed by atoms with Crippen LogP contribution in [0.25, 0.3) is 0 Å². The minimum absolute atomic E-state index is 0.0216. The number of aryl methyl sites for hydroxylation is 1. The maximum Gasteiger partial charge on any atom is 0.388 e. The lowest BCUT2D eigenvalue weighted by Gasteiger charge is -1.85. The molecule has 0 atom stereocenters. The second kappa shape index (κ2) is 2.57. The van der Waals surface area contributed by atoms with E-state index in [4.69, 9.17) is 0 Å². The van der Waals surface area contributed by atoms with Crippen molar-refractivity contribution in [3.63, 3.8) is 0 Å². The number of nitro groups is 2. The lowest BCUT2D eigenvalue weighted by atomic mass is 10.7. The monoisotopic (exact) mass is 172 g/mol. The molecule has 0 unspecified atom stereocenters. The lowest BCUT2D eigenvalue weighted by Crippen LogP contribution is -2.08. The minimum atomic E-state index is -0.785. The zero-order chi connectivity index (χ0) is 9.30. The Labute approximate surface area is 65.7 Å². The largest absolute Gasteiger partial charge is 0.388 e. The highest BCUT2D eigenvalue weighted by atomic mass is 16.7. The van der Waals surface area contributed by atoms with Gasteiger partial charge in [0.1, 0.15) is 0 Å². The molecule has 1 aromatic heterocycles. The Morgan fingerprint density at radius 1 is 1.50 bits per heavy atom. The van der Waals surface area contributed by atoms with Crippen molar-refractivity contribution in [1.29, 1.82) is 0 Å². The van der Waals surface area contributed by atoms with Crippen molar-refractivity contribution in [1.82, 2.24) is 9.66 Å². The van der Waals surface area contributed by atoms with Crippen LogP contribution in [-0.2, 0) is 0 Å². The average molecular weight is 172 g/mol. The van der Waals surface area contributed by atoms with Crippen LogP contribution in [0.1, 0.15) is 5.82 Å². The number of hydrogen-bond acceptors (Lipinski definition) is 5. The summed E-state index contributed by atoms with van der Waals surface area (Å²) >= 11 is 0. The predicted molar refractivity (Wildman–Crippen MR) is 36.0 cm³/mol. The predicted octanol–water partition coefficient (Wildman–Crippen LogP) is 0.140. The van der Waals surface area contributed by atoms with Crippen molar-refractivity contribution in [2.24, 2.45) is 0 Å². The molecule has 0 aromatic carbocycles. The van der Waals surface area contributed by atoms with Gasteiger partial charge in [0.2, 0.25) is 0 Å². The molecule has 12 heavy (non-hydrogen) atoms. The number of aromatic nitrogens is 2. The zero-order valence-electron chi connectivity index (χ0n) is 6.00. The van der Waals surface area contributed by atoms with Crippen molar-refractivity contribution in [3.05, 3.63) is 32.2 Å². The summed E-state index contributed by atoms with van der Waals surface area (Å²) in [5.74, 6) is -0.545. The molecule has 1 heterocycles. The Bertz CT molecular complexity index is 343. The number of imidazole rings is 1. The van der Waals surface area contributed by atoms with Gasteiger partial charge < -0.3 is 10.1 Å². The van der Waals surface area contributed by atoms with E-state index in [2.05, 4.69) is 4.98 Å². The zero-order valence-corrected chi connectivity index (χ0v) is 6.00. The minimum Gasteiger partial charge on any atom is -0.358 e. The van der Waals surface area contributed by atoms with Crippen molar-refractivity contribution < 1.29 is 9.96 Å². The Kier molecular flexibility index (Phi) is 1.73. The summed E-state index contributed by atoms with van der Waals surface area (Å²) in [7, 11) is 0. The third-order valence-electron chi connectivity index (χ3n) is 1.21. The van der Waals surface area contributed by atoms with Gasteiger partial charge in [-0.05, 0) is 14.6 Å². The Hall–Kier alpha value is -1.99. The highest BCUT2D eigenvalue weighted by Crippen LogP contribution is 2.08. The molecular weight excluding hydrogens is 168 g/mol. The fourth-order valence-electron chi connectivity index (χ4n) is 0.702. The van der Waals surface area contributed by atoms with E-state index >= 15 is 0 Å². The van der Waals surface area contributed by atoms with E-state index in [0.29, 0.717) is 4.68 Å². The highest BCUT2D eigenvalue weighted by Gasteiger charge is 2.20. The molecule has 1 rings (SSSR count). The molecule has 0 aliphatic heterocycles. The fourth-order valence-corrected chi connectivity index (χ4v) is 0.702. The standard InChI is InChI=1S/C4H4N4O4/c1-3-5-4(7(9)10)2-6(3)8(11)12/h2H,1H3. The number of nitrogens with zero attached hydrogens (tertiary/aromatic N) is 4. The molecular formula is C4H4N4O4. The molecule has 0 amide bonds. The summed E-state index contributed by atoms with van der Waals surface area (Å²) in [6.07, 6.45) is 0.759.